The minimum atomic E-state index is 0.641. The summed E-state index contributed by atoms with van der Waals surface area (Å²) in [5.74, 6) is 1.49. The Morgan fingerprint density at radius 3 is 2.62 bits per heavy atom. The molecular formula is C13H17Cl2N. The largest absolute Gasteiger partial charge is 0.320 e. The fourth-order valence-electron chi connectivity index (χ4n) is 2.22. The van der Waals surface area contributed by atoms with Crippen LogP contribution in [0, 0.1) is 5.92 Å². The third-order valence-electron chi connectivity index (χ3n) is 3.27. The van der Waals surface area contributed by atoms with Gasteiger partial charge < -0.3 is 5.32 Å². The lowest BCUT2D eigenvalue weighted by molar-refractivity contribution is 0.541. The van der Waals surface area contributed by atoms with Crippen LogP contribution >= 0.6 is 23.2 Å². The molecule has 1 N–H and O–H groups in total. The maximum atomic E-state index is 6.07. The predicted molar refractivity (Wildman–Crippen MR) is 70.5 cm³/mol. The molecule has 1 nitrogen and oxygen atoms in total. The van der Waals surface area contributed by atoms with Crippen LogP contribution in [0.5, 0.6) is 0 Å². The van der Waals surface area contributed by atoms with Crippen molar-refractivity contribution in [3.8, 4) is 0 Å². The Morgan fingerprint density at radius 1 is 1.31 bits per heavy atom. The average molecular weight is 258 g/mol. The molecule has 0 heterocycles. The number of nitrogens with one attached hydrogen (secondary N) is 1. The Labute approximate surface area is 107 Å². The van der Waals surface area contributed by atoms with Gasteiger partial charge in [-0.3, -0.25) is 0 Å². The molecule has 0 radical (unpaired) electrons. The molecule has 1 atom stereocenters. The summed E-state index contributed by atoms with van der Waals surface area (Å²) < 4.78 is 0. The Kier molecular flexibility index (Phi) is 4.12. The van der Waals surface area contributed by atoms with E-state index in [-0.39, 0.29) is 0 Å². The molecule has 0 aliphatic heterocycles. The van der Waals surface area contributed by atoms with Crippen molar-refractivity contribution in [3.63, 3.8) is 0 Å². The second-order valence-corrected chi connectivity index (χ2v) is 5.32. The zero-order chi connectivity index (χ0) is 11.5. The highest BCUT2D eigenvalue weighted by molar-refractivity contribution is 6.42. The van der Waals surface area contributed by atoms with Crippen LogP contribution in [-0.4, -0.2) is 13.6 Å². The molecule has 0 bridgehead atoms. The first-order valence-electron chi connectivity index (χ1n) is 5.82. The van der Waals surface area contributed by atoms with E-state index >= 15 is 0 Å². The van der Waals surface area contributed by atoms with Crippen molar-refractivity contribution in [2.45, 2.75) is 25.2 Å². The molecule has 88 valence electrons. The topological polar surface area (TPSA) is 12.0 Å². The number of benzene rings is 1. The van der Waals surface area contributed by atoms with Gasteiger partial charge in [-0.05, 0) is 62.4 Å². The third kappa shape index (κ3) is 2.91. The molecule has 1 aromatic carbocycles. The monoisotopic (exact) mass is 257 g/mol. The van der Waals surface area contributed by atoms with Gasteiger partial charge in [-0.1, -0.05) is 29.3 Å². The molecule has 1 saturated carbocycles. The fraction of sp³-hybridized carbons (Fsp3) is 0.538. The fourth-order valence-corrected chi connectivity index (χ4v) is 2.52. The molecule has 0 saturated heterocycles. The molecule has 0 aromatic heterocycles. The molecule has 3 heteroatoms. The first-order chi connectivity index (χ1) is 7.72. The van der Waals surface area contributed by atoms with Crippen LogP contribution < -0.4 is 5.32 Å². The number of hydrogen-bond acceptors (Lipinski definition) is 1. The molecule has 0 amide bonds. The van der Waals surface area contributed by atoms with E-state index in [1.165, 1.54) is 24.8 Å². The van der Waals surface area contributed by atoms with E-state index in [9.17, 15) is 0 Å². The van der Waals surface area contributed by atoms with Crippen molar-refractivity contribution in [1.29, 1.82) is 0 Å². The van der Waals surface area contributed by atoms with Crippen LogP contribution in [0.4, 0.5) is 0 Å². The van der Waals surface area contributed by atoms with Crippen LogP contribution in [-0.2, 0) is 0 Å². The highest BCUT2D eigenvalue weighted by Gasteiger charge is 2.31. The van der Waals surface area contributed by atoms with Gasteiger partial charge in [0.1, 0.15) is 0 Å². The van der Waals surface area contributed by atoms with Gasteiger partial charge >= 0.3 is 0 Å². The maximum absolute atomic E-state index is 6.07. The SMILES string of the molecule is CNCCC(c1ccc(Cl)c(Cl)c1)C1CC1. The molecule has 1 fully saturated rings. The van der Waals surface area contributed by atoms with Gasteiger partial charge in [0.05, 0.1) is 10.0 Å². The number of rotatable bonds is 5. The lowest BCUT2D eigenvalue weighted by atomic mass is 9.91. The quantitative estimate of drug-likeness (QED) is 0.838. The predicted octanol–water partition coefficient (Wildman–Crippen LogP) is 4.10. The smallest absolute Gasteiger partial charge is 0.0595 e. The van der Waals surface area contributed by atoms with Gasteiger partial charge in [0.2, 0.25) is 0 Å². The molecule has 16 heavy (non-hydrogen) atoms. The van der Waals surface area contributed by atoms with Crippen molar-refractivity contribution in [2.24, 2.45) is 5.92 Å². The second kappa shape index (κ2) is 5.39. The third-order valence-corrected chi connectivity index (χ3v) is 4.01. The highest BCUT2D eigenvalue weighted by atomic mass is 35.5. The maximum Gasteiger partial charge on any atom is 0.0595 e. The molecule has 1 aliphatic rings. The summed E-state index contributed by atoms with van der Waals surface area (Å²) in [5, 5.41) is 4.54. The van der Waals surface area contributed by atoms with Crippen LogP contribution in [0.3, 0.4) is 0 Å². The van der Waals surface area contributed by atoms with Gasteiger partial charge in [-0.2, -0.15) is 0 Å². The first kappa shape index (κ1) is 12.2. The van der Waals surface area contributed by atoms with Crippen LogP contribution in [0.2, 0.25) is 10.0 Å². The minimum absolute atomic E-state index is 0.641. The van der Waals surface area contributed by atoms with E-state index in [0.29, 0.717) is 16.0 Å². The summed E-state index contributed by atoms with van der Waals surface area (Å²) in [4.78, 5) is 0. The van der Waals surface area contributed by atoms with Gasteiger partial charge in [0.25, 0.3) is 0 Å². The molecule has 0 spiro atoms. The number of hydrogen-bond donors (Lipinski definition) is 1. The van der Waals surface area contributed by atoms with Gasteiger partial charge in [0, 0.05) is 0 Å². The van der Waals surface area contributed by atoms with Crippen LogP contribution in [0.1, 0.15) is 30.7 Å². The van der Waals surface area contributed by atoms with E-state index in [2.05, 4.69) is 11.4 Å². The van der Waals surface area contributed by atoms with E-state index in [4.69, 9.17) is 23.2 Å². The zero-order valence-electron chi connectivity index (χ0n) is 9.47. The Morgan fingerprint density at radius 2 is 2.06 bits per heavy atom. The summed E-state index contributed by atoms with van der Waals surface area (Å²) in [6, 6.07) is 6.06. The van der Waals surface area contributed by atoms with Gasteiger partial charge in [0.15, 0.2) is 0 Å². The normalized spacial score (nSPS) is 17.4. The molecule has 1 aromatic rings. The van der Waals surface area contributed by atoms with Crippen molar-refractivity contribution < 1.29 is 0 Å². The van der Waals surface area contributed by atoms with Crippen LogP contribution in [0.15, 0.2) is 18.2 Å². The summed E-state index contributed by atoms with van der Waals surface area (Å²) in [6.45, 7) is 1.06. The standard InChI is InChI=1S/C13H17Cl2N/c1-16-7-6-11(9-2-3-9)10-4-5-12(14)13(15)8-10/h4-5,8-9,11,16H,2-3,6-7H2,1H3. The zero-order valence-corrected chi connectivity index (χ0v) is 11.0. The number of halogens is 2. The van der Waals surface area contributed by atoms with E-state index < -0.39 is 0 Å². The van der Waals surface area contributed by atoms with E-state index in [0.717, 1.165) is 12.5 Å². The molecule has 2 rings (SSSR count). The van der Waals surface area contributed by atoms with E-state index in [1.807, 2.05) is 19.2 Å². The van der Waals surface area contributed by atoms with Crippen molar-refractivity contribution in [1.82, 2.24) is 5.32 Å². The lowest BCUT2D eigenvalue weighted by Gasteiger charge is -2.17. The minimum Gasteiger partial charge on any atom is -0.320 e. The average Bonchev–Trinajstić information content (AvgIpc) is 3.08. The van der Waals surface area contributed by atoms with Crippen LogP contribution in [0.25, 0.3) is 0 Å². The molecule has 1 aliphatic carbocycles. The van der Waals surface area contributed by atoms with E-state index in [1.54, 1.807) is 0 Å². The Hall–Kier alpha value is -0.240. The van der Waals surface area contributed by atoms with Crippen molar-refractivity contribution >= 4 is 23.2 Å². The van der Waals surface area contributed by atoms with Gasteiger partial charge in [-0.15, -0.1) is 0 Å². The summed E-state index contributed by atoms with van der Waals surface area (Å²) in [6.07, 6.45) is 3.89. The first-order valence-corrected chi connectivity index (χ1v) is 6.57. The second-order valence-electron chi connectivity index (χ2n) is 4.51. The summed E-state index contributed by atoms with van der Waals surface area (Å²) >= 11 is 12.0. The lowest BCUT2D eigenvalue weighted by Crippen LogP contribution is -2.13. The van der Waals surface area contributed by atoms with Crippen molar-refractivity contribution in [2.75, 3.05) is 13.6 Å². The Balaban J connectivity index is 2.14. The molecular weight excluding hydrogens is 241 g/mol. The Bertz CT molecular complexity index is 361. The summed E-state index contributed by atoms with van der Waals surface area (Å²) in [5.41, 5.74) is 1.34. The molecule has 1 unspecified atom stereocenters. The summed E-state index contributed by atoms with van der Waals surface area (Å²) in [7, 11) is 2.00. The van der Waals surface area contributed by atoms with Gasteiger partial charge in [-0.25, -0.2) is 0 Å². The van der Waals surface area contributed by atoms with Crippen molar-refractivity contribution in [3.05, 3.63) is 33.8 Å². The highest BCUT2D eigenvalue weighted by Crippen LogP contribution is 2.45.